The van der Waals surface area contributed by atoms with Crippen molar-refractivity contribution in [2.45, 2.75) is 25.3 Å². The van der Waals surface area contributed by atoms with Crippen LogP contribution in [-0.2, 0) is 0 Å². The average molecular weight is 188 g/mol. The third kappa shape index (κ3) is 1.41. The molecule has 0 aromatic carbocycles. The number of hydrogen-bond donors (Lipinski definition) is 0. The molecule has 0 N–H and O–H groups in total. The third-order valence-electron chi connectivity index (χ3n) is 2.74. The van der Waals surface area contributed by atoms with Gasteiger partial charge in [0.25, 0.3) is 0 Å². The lowest BCUT2D eigenvalue weighted by molar-refractivity contribution is 0.399. The molecular formula is C10H12N4. The molecule has 1 aliphatic carbocycles. The van der Waals surface area contributed by atoms with Gasteiger partial charge in [0.2, 0.25) is 0 Å². The van der Waals surface area contributed by atoms with Crippen LogP contribution in [0.25, 0.3) is 0 Å². The van der Waals surface area contributed by atoms with E-state index in [9.17, 15) is 0 Å². The molecule has 1 heterocycles. The highest BCUT2D eigenvalue weighted by Gasteiger charge is 2.24. The van der Waals surface area contributed by atoms with Crippen LogP contribution in [0, 0.1) is 11.3 Å². The first-order valence-corrected chi connectivity index (χ1v) is 4.77. The Labute approximate surface area is 83.2 Å². The van der Waals surface area contributed by atoms with E-state index in [4.69, 9.17) is 5.26 Å². The zero-order valence-corrected chi connectivity index (χ0v) is 8.14. The van der Waals surface area contributed by atoms with Crippen molar-refractivity contribution in [2.24, 2.45) is 0 Å². The zero-order valence-electron chi connectivity index (χ0n) is 8.14. The Bertz CT molecular complexity index is 365. The Hall–Kier alpha value is -1.63. The first-order valence-electron chi connectivity index (χ1n) is 4.77. The normalized spacial score (nSPS) is 15.7. The highest BCUT2D eigenvalue weighted by atomic mass is 15.2. The summed E-state index contributed by atoms with van der Waals surface area (Å²) in [6, 6.07) is 2.60. The molecular weight excluding hydrogens is 176 g/mol. The monoisotopic (exact) mass is 188 g/mol. The van der Waals surface area contributed by atoms with Gasteiger partial charge in [-0.15, -0.1) is 0 Å². The van der Waals surface area contributed by atoms with Crippen LogP contribution < -0.4 is 4.90 Å². The summed E-state index contributed by atoms with van der Waals surface area (Å²) in [6.45, 7) is 0. The Balaban J connectivity index is 2.26. The highest BCUT2D eigenvalue weighted by molar-refractivity contribution is 5.49. The average Bonchev–Trinajstić information content (AvgIpc) is 2.15. The van der Waals surface area contributed by atoms with Crippen molar-refractivity contribution < 1.29 is 0 Å². The van der Waals surface area contributed by atoms with E-state index < -0.39 is 0 Å². The molecule has 2 rings (SSSR count). The Morgan fingerprint density at radius 3 is 2.71 bits per heavy atom. The molecule has 0 bridgehead atoms. The van der Waals surface area contributed by atoms with Gasteiger partial charge in [0.05, 0.1) is 0 Å². The Kier molecular flexibility index (Phi) is 2.32. The SMILES string of the molecule is CN(c1nccnc1C#N)C1CCC1. The maximum absolute atomic E-state index is 8.86. The fourth-order valence-electron chi connectivity index (χ4n) is 1.61. The van der Waals surface area contributed by atoms with Crippen LogP contribution >= 0.6 is 0 Å². The van der Waals surface area contributed by atoms with Gasteiger partial charge < -0.3 is 4.90 Å². The fraction of sp³-hybridized carbons (Fsp3) is 0.500. The molecule has 0 spiro atoms. The van der Waals surface area contributed by atoms with E-state index in [2.05, 4.69) is 20.9 Å². The molecule has 0 radical (unpaired) electrons. The van der Waals surface area contributed by atoms with Gasteiger partial charge in [-0.3, -0.25) is 0 Å². The van der Waals surface area contributed by atoms with Gasteiger partial charge in [-0.2, -0.15) is 5.26 Å². The Morgan fingerprint density at radius 2 is 2.14 bits per heavy atom. The van der Waals surface area contributed by atoms with E-state index in [1.807, 2.05) is 7.05 Å². The van der Waals surface area contributed by atoms with Crippen molar-refractivity contribution in [3.63, 3.8) is 0 Å². The van der Waals surface area contributed by atoms with Crippen molar-refractivity contribution in [1.29, 1.82) is 5.26 Å². The first kappa shape index (κ1) is 8.95. The molecule has 0 saturated heterocycles. The number of aromatic nitrogens is 2. The van der Waals surface area contributed by atoms with Gasteiger partial charge in [0.15, 0.2) is 11.5 Å². The smallest absolute Gasteiger partial charge is 0.183 e. The number of nitriles is 1. The predicted molar refractivity (Wildman–Crippen MR) is 52.8 cm³/mol. The van der Waals surface area contributed by atoms with Crippen LogP contribution in [0.1, 0.15) is 25.0 Å². The molecule has 72 valence electrons. The van der Waals surface area contributed by atoms with Crippen LogP contribution in [-0.4, -0.2) is 23.1 Å². The van der Waals surface area contributed by atoms with Gasteiger partial charge in [-0.05, 0) is 19.3 Å². The molecule has 1 aliphatic rings. The van der Waals surface area contributed by atoms with Gasteiger partial charge >= 0.3 is 0 Å². The predicted octanol–water partition coefficient (Wildman–Crippen LogP) is 1.34. The summed E-state index contributed by atoms with van der Waals surface area (Å²) in [6.07, 6.45) is 6.84. The minimum atomic E-state index is 0.418. The van der Waals surface area contributed by atoms with Crippen molar-refractivity contribution in [1.82, 2.24) is 9.97 Å². The molecule has 0 unspecified atom stereocenters. The summed E-state index contributed by atoms with van der Waals surface area (Å²) in [7, 11) is 1.98. The van der Waals surface area contributed by atoms with Crippen LogP contribution in [0.4, 0.5) is 5.82 Å². The maximum Gasteiger partial charge on any atom is 0.183 e. The standard InChI is InChI=1S/C10H12N4/c1-14(8-3-2-4-8)10-9(7-11)12-5-6-13-10/h5-6,8H,2-4H2,1H3. The van der Waals surface area contributed by atoms with Crippen LogP contribution in [0.3, 0.4) is 0 Å². The van der Waals surface area contributed by atoms with E-state index >= 15 is 0 Å². The summed E-state index contributed by atoms with van der Waals surface area (Å²) >= 11 is 0. The van der Waals surface area contributed by atoms with Gasteiger partial charge in [-0.25, -0.2) is 9.97 Å². The van der Waals surface area contributed by atoms with E-state index in [0.717, 1.165) is 0 Å². The van der Waals surface area contributed by atoms with Crippen molar-refractivity contribution in [3.8, 4) is 6.07 Å². The molecule has 4 nitrogen and oxygen atoms in total. The van der Waals surface area contributed by atoms with E-state index in [0.29, 0.717) is 17.6 Å². The van der Waals surface area contributed by atoms with E-state index in [1.54, 1.807) is 12.4 Å². The van der Waals surface area contributed by atoms with Crippen LogP contribution in [0.5, 0.6) is 0 Å². The van der Waals surface area contributed by atoms with Crippen molar-refractivity contribution >= 4 is 5.82 Å². The van der Waals surface area contributed by atoms with Gasteiger partial charge in [0.1, 0.15) is 6.07 Å². The Morgan fingerprint density at radius 1 is 1.43 bits per heavy atom. The number of hydrogen-bond acceptors (Lipinski definition) is 4. The zero-order chi connectivity index (χ0) is 9.97. The van der Waals surface area contributed by atoms with Crippen LogP contribution in [0.15, 0.2) is 12.4 Å². The lowest BCUT2D eigenvalue weighted by Gasteiger charge is -2.35. The molecule has 4 heteroatoms. The molecule has 1 aromatic rings. The third-order valence-corrected chi connectivity index (χ3v) is 2.74. The minimum absolute atomic E-state index is 0.418. The molecule has 1 fully saturated rings. The highest BCUT2D eigenvalue weighted by Crippen LogP contribution is 2.27. The number of nitrogens with zero attached hydrogens (tertiary/aromatic N) is 4. The summed E-state index contributed by atoms with van der Waals surface area (Å²) in [5.74, 6) is 0.708. The summed E-state index contributed by atoms with van der Waals surface area (Å²) < 4.78 is 0. The number of rotatable bonds is 2. The van der Waals surface area contributed by atoms with Gasteiger partial charge in [-0.1, -0.05) is 0 Å². The molecule has 1 aromatic heterocycles. The van der Waals surface area contributed by atoms with E-state index in [1.165, 1.54) is 19.3 Å². The second-order valence-corrected chi connectivity index (χ2v) is 3.54. The minimum Gasteiger partial charge on any atom is -0.354 e. The van der Waals surface area contributed by atoms with Crippen molar-refractivity contribution in [3.05, 3.63) is 18.1 Å². The molecule has 14 heavy (non-hydrogen) atoms. The summed E-state index contributed by atoms with van der Waals surface area (Å²) in [5.41, 5.74) is 0.418. The largest absolute Gasteiger partial charge is 0.354 e. The molecule has 0 atom stereocenters. The van der Waals surface area contributed by atoms with Crippen molar-refractivity contribution in [2.75, 3.05) is 11.9 Å². The second kappa shape index (κ2) is 3.62. The van der Waals surface area contributed by atoms with Crippen LogP contribution in [0.2, 0.25) is 0 Å². The maximum atomic E-state index is 8.86. The summed E-state index contributed by atoms with van der Waals surface area (Å²) in [4.78, 5) is 10.3. The van der Waals surface area contributed by atoms with E-state index in [-0.39, 0.29) is 0 Å². The second-order valence-electron chi connectivity index (χ2n) is 3.54. The lowest BCUT2D eigenvalue weighted by atomic mass is 9.92. The number of anilines is 1. The lowest BCUT2D eigenvalue weighted by Crippen LogP contribution is -2.38. The molecule has 0 amide bonds. The van der Waals surface area contributed by atoms with Gasteiger partial charge in [0, 0.05) is 25.5 Å². The topological polar surface area (TPSA) is 52.8 Å². The quantitative estimate of drug-likeness (QED) is 0.702. The first-order chi connectivity index (χ1) is 6.83. The fourth-order valence-corrected chi connectivity index (χ4v) is 1.61. The summed E-state index contributed by atoms with van der Waals surface area (Å²) in [5, 5.41) is 8.86. The molecule has 1 saturated carbocycles. The molecule has 0 aliphatic heterocycles.